The van der Waals surface area contributed by atoms with Crippen LogP contribution in [0.15, 0.2) is 47.4 Å². The molecule has 0 aliphatic rings. The van der Waals surface area contributed by atoms with Crippen molar-refractivity contribution in [1.29, 1.82) is 0 Å². The predicted octanol–water partition coefficient (Wildman–Crippen LogP) is 3.71. The molecule has 0 fully saturated rings. The van der Waals surface area contributed by atoms with E-state index < -0.39 is 10.0 Å². The molecule has 0 atom stereocenters. The van der Waals surface area contributed by atoms with Gasteiger partial charge in [-0.2, -0.15) is 0 Å². The van der Waals surface area contributed by atoms with Crippen LogP contribution in [0.25, 0.3) is 0 Å². The van der Waals surface area contributed by atoms with Crippen molar-refractivity contribution in [3.63, 3.8) is 0 Å². The number of benzene rings is 2. The van der Waals surface area contributed by atoms with Crippen LogP contribution in [-0.2, 0) is 10.0 Å². The van der Waals surface area contributed by atoms with E-state index in [4.69, 9.17) is 23.8 Å². The van der Waals surface area contributed by atoms with Gasteiger partial charge in [-0.25, -0.2) is 12.7 Å². The van der Waals surface area contributed by atoms with Gasteiger partial charge < -0.3 is 10.6 Å². The second-order valence-corrected chi connectivity index (χ2v) is 8.35. The minimum absolute atomic E-state index is 0.194. The van der Waals surface area contributed by atoms with E-state index in [0.29, 0.717) is 15.8 Å². The lowest BCUT2D eigenvalue weighted by Gasteiger charge is -2.15. The van der Waals surface area contributed by atoms with Gasteiger partial charge in [0, 0.05) is 30.5 Å². The molecular weight excluding hydrogens is 366 g/mol. The molecule has 2 N–H and O–H groups in total. The summed E-state index contributed by atoms with van der Waals surface area (Å²) in [6.07, 6.45) is 0. The van der Waals surface area contributed by atoms with E-state index in [1.807, 2.05) is 13.0 Å². The second-order valence-electron chi connectivity index (χ2n) is 5.35. The zero-order chi connectivity index (χ0) is 17.9. The first-order valence-corrected chi connectivity index (χ1v) is 9.29. The molecule has 0 aliphatic carbocycles. The molecule has 0 radical (unpaired) electrons. The van der Waals surface area contributed by atoms with Gasteiger partial charge in [0.05, 0.1) is 4.90 Å². The molecule has 0 aliphatic heterocycles. The molecule has 0 bridgehead atoms. The van der Waals surface area contributed by atoms with Crippen molar-refractivity contribution >= 4 is 50.3 Å². The molecule has 0 spiro atoms. The Kier molecular flexibility index (Phi) is 5.82. The van der Waals surface area contributed by atoms with Crippen LogP contribution in [0.1, 0.15) is 5.56 Å². The van der Waals surface area contributed by atoms with E-state index in [1.54, 1.807) is 24.3 Å². The number of anilines is 2. The van der Waals surface area contributed by atoms with E-state index in [1.165, 1.54) is 26.2 Å². The maximum Gasteiger partial charge on any atom is 0.242 e. The summed E-state index contributed by atoms with van der Waals surface area (Å²) in [5.41, 5.74) is 2.36. The van der Waals surface area contributed by atoms with Crippen molar-refractivity contribution in [2.45, 2.75) is 11.8 Å². The first-order chi connectivity index (χ1) is 11.2. The number of thiocarbonyl (C=S) groups is 1. The molecule has 0 amide bonds. The van der Waals surface area contributed by atoms with Gasteiger partial charge in [-0.15, -0.1) is 0 Å². The molecule has 2 rings (SSSR count). The van der Waals surface area contributed by atoms with E-state index in [9.17, 15) is 8.42 Å². The third-order valence-corrected chi connectivity index (χ3v) is 5.57. The highest BCUT2D eigenvalue weighted by Crippen LogP contribution is 2.21. The standard InChI is InChI=1S/C16H18ClN3O2S2/c1-11-7-8-12(17)9-15(11)19-16(23)18-13-5-4-6-14(10-13)24(21,22)20(2)3/h4-10H,1-3H3,(H2,18,19,23). The second kappa shape index (κ2) is 7.48. The van der Waals surface area contributed by atoms with Crippen molar-refractivity contribution in [3.8, 4) is 0 Å². The van der Waals surface area contributed by atoms with Crippen LogP contribution < -0.4 is 10.6 Å². The highest BCUT2D eigenvalue weighted by molar-refractivity contribution is 7.89. The van der Waals surface area contributed by atoms with Gasteiger partial charge in [-0.1, -0.05) is 23.7 Å². The number of rotatable bonds is 4. The molecule has 128 valence electrons. The normalized spacial score (nSPS) is 11.4. The lowest BCUT2D eigenvalue weighted by Crippen LogP contribution is -2.23. The summed E-state index contributed by atoms with van der Waals surface area (Å²) in [7, 11) is -0.515. The quantitative estimate of drug-likeness (QED) is 0.788. The highest BCUT2D eigenvalue weighted by Gasteiger charge is 2.17. The Morgan fingerprint density at radius 1 is 1.12 bits per heavy atom. The van der Waals surface area contributed by atoms with Gasteiger partial charge in [0.2, 0.25) is 10.0 Å². The number of nitrogens with one attached hydrogen (secondary N) is 2. The fourth-order valence-corrected chi connectivity index (χ4v) is 3.31. The van der Waals surface area contributed by atoms with E-state index in [2.05, 4.69) is 10.6 Å². The Balaban J connectivity index is 2.17. The SMILES string of the molecule is Cc1ccc(Cl)cc1NC(=S)Nc1cccc(S(=O)(=O)N(C)C)c1. The number of hydrogen-bond donors (Lipinski definition) is 2. The topological polar surface area (TPSA) is 61.4 Å². The molecule has 2 aromatic rings. The molecule has 0 aromatic heterocycles. The van der Waals surface area contributed by atoms with Crippen LogP contribution in [-0.4, -0.2) is 31.9 Å². The average Bonchev–Trinajstić information content (AvgIpc) is 2.51. The van der Waals surface area contributed by atoms with Crippen molar-refractivity contribution < 1.29 is 8.42 Å². The summed E-state index contributed by atoms with van der Waals surface area (Å²) in [6.45, 7) is 1.94. The van der Waals surface area contributed by atoms with Crippen molar-refractivity contribution in [2.75, 3.05) is 24.7 Å². The third-order valence-electron chi connectivity index (χ3n) is 3.32. The molecule has 0 saturated heterocycles. The average molecular weight is 384 g/mol. The van der Waals surface area contributed by atoms with Gasteiger partial charge in [-0.3, -0.25) is 0 Å². The monoisotopic (exact) mass is 383 g/mol. The van der Waals surface area contributed by atoms with Crippen LogP contribution in [0.2, 0.25) is 5.02 Å². The minimum Gasteiger partial charge on any atom is -0.332 e. The molecule has 24 heavy (non-hydrogen) atoms. The van der Waals surface area contributed by atoms with Gasteiger partial charge >= 0.3 is 0 Å². The van der Waals surface area contributed by atoms with Gasteiger partial charge in [-0.05, 0) is 55.0 Å². The van der Waals surface area contributed by atoms with Crippen LogP contribution in [0.5, 0.6) is 0 Å². The lowest BCUT2D eigenvalue weighted by molar-refractivity contribution is 0.521. The lowest BCUT2D eigenvalue weighted by atomic mass is 10.2. The van der Waals surface area contributed by atoms with Gasteiger partial charge in [0.25, 0.3) is 0 Å². The summed E-state index contributed by atoms with van der Waals surface area (Å²) in [6, 6.07) is 11.9. The first kappa shape index (κ1) is 18.7. The first-order valence-electron chi connectivity index (χ1n) is 7.07. The molecule has 2 aromatic carbocycles. The fraction of sp³-hybridized carbons (Fsp3) is 0.188. The number of hydrogen-bond acceptors (Lipinski definition) is 3. The van der Waals surface area contributed by atoms with E-state index in [0.717, 1.165) is 15.6 Å². The smallest absolute Gasteiger partial charge is 0.242 e. The van der Waals surface area contributed by atoms with E-state index >= 15 is 0 Å². The Morgan fingerprint density at radius 3 is 2.50 bits per heavy atom. The van der Waals surface area contributed by atoms with Crippen LogP contribution in [0.3, 0.4) is 0 Å². The molecular formula is C16H18ClN3O2S2. The largest absolute Gasteiger partial charge is 0.332 e. The van der Waals surface area contributed by atoms with Gasteiger partial charge in [0.1, 0.15) is 0 Å². The molecule has 0 saturated carbocycles. The van der Waals surface area contributed by atoms with Crippen molar-refractivity contribution in [2.24, 2.45) is 0 Å². The van der Waals surface area contributed by atoms with Crippen molar-refractivity contribution in [3.05, 3.63) is 53.1 Å². The molecule has 8 heteroatoms. The fourth-order valence-electron chi connectivity index (χ4n) is 1.96. The van der Waals surface area contributed by atoms with Crippen LogP contribution >= 0.6 is 23.8 Å². The summed E-state index contributed by atoms with van der Waals surface area (Å²) >= 11 is 11.3. The summed E-state index contributed by atoms with van der Waals surface area (Å²) < 4.78 is 25.5. The molecule has 0 unspecified atom stereocenters. The Morgan fingerprint density at radius 2 is 1.83 bits per heavy atom. The maximum absolute atomic E-state index is 12.2. The Hall–Kier alpha value is -1.67. The number of nitrogens with zero attached hydrogens (tertiary/aromatic N) is 1. The van der Waals surface area contributed by atoms with Crippen LogP contribution in [0.4, 0.5) is 11.4 Å². The Labute approximate surface area is 152 Å². The summed E-state index contributed by atoms with van der Waals surface area (Å²) in [5.74, 6) is 0. The predicted molar refractivity (Wildman–Crippen MR) is 103 cm³/mol. The number of sulfonamides is 1. The number of halogens is 1. The molecule has 0 heterocycles. The zero-order valence-electron chi connectivity index (χ0n) is 13.5. The van der Waals surface area contributed by atoms with Crippen LogP contribution in [0, 0.1) is 6.92 Å². The highest BCUT2D eigenvalue weighted by atomic mass is 35.5. The molecule has 5 nitrogen and oxygen atoms in total. The minimum atomic E-state index is -3.49. The summed E-state index contributed by atoms with van der Waals surface area (Å²) in [4.78, 5) is 0.194. The zero-order valence-corrected chi connectivity index (χ0v) is 15.9. The maximum atomic E-state index is 12.2. The summed E-state index contributed by atoms with van der Waals surface area (Å²) in [5, 5.41) is 6.99. The van der Waals surface area contributed by atoms with Crippen molar-refractivity contribution in [1.82, 2.24) is 4.31 Å². The van der Waals surface area contributed by atoms with E-state index in [-0.39, 0.29) is 4.90 Å². The number of aryl methyl sites for hydroxylation is 1. The Bertz CT molecular complexity index is 867. The van der Waals surface area contributed by atoms with Gasteiger partial charge in [0.15, 0.2) is 5.11 Å². The third kappa shape index (κ3) is 4.45.